The van der Waals surface area contributed by atoms with Crippen LogP contribution in [0.1, 0.15) is 24.8 Å². The van der Waals surface area contributed by atoms with Gasteiger partial charge in [0.05, 0.1) is 0 Å². The smallest absolute Gasteiger partial charge is 0.0471 e. The molecular weight excluding hydrogens is 217 g/mol. The number of hydrogen-bond donors (Lipinski definition) is 1. The van der Waals surface area contributed by atoms with E-state index in [2.05, 4.69) is 5.32 Å². The van der Waals surface area contributed by atoms with Crippen molar-refractivity contribution in [1.29, 1.82) is 0 Å². The molecule has 0 unspecified atom stereocenters. The van der Waals surface area contributed by atoms with Crippen molar-refractivity contribution in [3.8, 4) is 0 Å². The van der Waals surface area contributed by atoms with Crippen molar-refractivity contribution in [2.24, 2.45) is 0 Å². The summed E-state index contributed by atoms with van der Waals surface area (Å²) in [5.74, 6) is 0. The van der Waals surface area contributed by atoms with Crippen molar-refractivity contribution in [2.75, 3.05) is 7.05 Å². The Bertz CT molecular complexity index is 319. The zero-order valence-corrected chi connectivity index (χ0v) is 9.62. The second-order valence-corrected chi connectivity index (χ2v) is 4.60. The minimum atomic E-state index is 0.0232. The van der Waals surface area contributed by atoms with Gasteiger partial charge in [-0.1, -0.05) is 29.3 Å². The third kappa shape index (κ3) is 1.44. The number of benzene rings is 1. The van der Waals surface area contributed by atoms with Gasteiger partial charge in [-0.25, -0.2) is 0 Å². The van der Waals surface area contributed by atoms with Crippen LogP contribution in [0.5, 0.6) is 0 Å². The normalized spacial score (nSPS) is 19.1. The van der Waals surface area contributed by atoms with E-state index in [0.29, 0.717) is 0 Å². The zero-order valence-electron chi connectivity index (χ0n) is 8.11. The largest absolute Gasteiger partial charge is 0.310 e. The van der Waals surface area contributed by atoms with Crippen LogP contribution in [0.3, 0.4) is 0 Å². The highest BCUT2D eigenvalue weighted by Crippen LogP contribution is 2.46. The fourth-order valence-electron chi connectivity index (χ4n) is 2.11. The molecule has 0 radical (unpaired) electrons. The molecule has 1 aliphatic carbocycles. The Labute approximate surface area is 94.4 Å². The molecule has 1 aliphatic rings. The lowest BCUT2D eigenvalue weighted by atomic mass is 9.72. The molecule has 0 aliphatic heterocycles. The van der Waals surface area contributed by atoms with E-state index in [1.807, 2.05) is 25.2 Å². The van der Waals surface area contributed by atoms with Gasteiger partial charge in [-0.05, 0) is 38.4 Å². The summed E-state index contributed by atoms with van der Waals surface area (Å²) in [5, 5.41) is 4.88. The summed E-state index contributed by atoms with van der Waals surface area (Å²) in [6, 6.07) is 5.69. The summed E-state index contributed by atoms with van der Waals surface area (Å²) in [7, 11) is 1.97. The van der Waals surface area contributed by atoms with Gasteiger partial charge in [-0.3, -0.25) is 0 Å². The Hall–Kier alpha value is -0.240. The van der Waals surface area contributed by atoms with Crippen LogP contribution in [-0.4, -0.2) is 7.05 Å². The van der Waals surface area contributed by atoms with Gasteiger partial charge in [0.1, 0.15) is 0 Å². The van der Waals surface area contributed by atoms with Crippen molar-refractivity contribution in [1.82, 2.24) is 5.32 Å². The molecule has 0 bridgehead atoms. The van der Waals surface area contributed by atoms with E-state index >= 15 is 0 Å². The van der Waals surface area contributed by atoms with E-state index in [9.17, 15) is 0 Å². The molecule has 1 aromatic rings. The minimum Gasteiger partial charge on any atom is -0.310 e. The summed E-state index contributed by atoms with van der Waals surface area (Å²) >= 11 is 12.4. The molecule has 14 heavy (non-hydrogen) atoms. The van der Waals surface area contributed by atoms with Crippen LogP contribution >= 0.6 is 23.2 Å². The predicted octanol–water partition coefficient (Wildman–Crippen LogP) is 3.59. The van der Waals surface area contributed by atoms with Gasteiger partial charge in [0.25, 0.3) is 0 Å². The molecule has 1 fully saturated rings. The van der Waals surface area contributed by atoms with E-state index in [1.54, 1.807) is 0 Å². The van der Waals surface area contributed by atoms with Crippen molar-refractivity contribution in [3.63, 3.8) is 0 Å². The molecule has 1 aromatic carbocycles. The van der Waals surface area contributed by atoms with Crippen LogP contribution in [0.25, 0.3) is 0 Å². The first kappa shape index (κ1) is 10.3. The Balaban J connectivity index is 2.49. The van der Waals surface area contributed by atoms with Gasteiger partial charge in [0.15, 0.2) is 0 Å². The fraction of sp³-hybridized carbons (Fsp3) is 0.455. The quantitative estimate of drug-likeness (QED) is 0.818. The molecule has 2 rings (SSSR count). The minimum absolute atomic E-state index is 0.0232. The van der Waals surface area contributed by atoms with Gasteiger partial charge in [0.2, 0.25) is 0 Å². The molecule has 0 amide bonds. The maximum absolute atomic E-state index is 6.18. The summed E-state index contributed by atoms with van der Waals surface area (Å²) in [6.45, 7) is 0. The maximum Gasteiger partial charge on any atom is 0.0471 e. The van der Waals surface area contributed by atoms with Crippen molar-refractivity contribution in [3.05, 3.63) is 33.8 Å². The topological polar surface area (TPSA) is 12.0 Å². The summed E-state index contributed by atoms with van der Waals surface area (Å²) in [5.41, 5.74) is 1.09. The van der Waals surface area contributed by atoms with E-state index in [-0.39, 0.29) is 5.54 Å². The first-order chi connectivity index (χ1) is 6.69. The van der Waals surface area contributed by atoms with E-state index in [1.165, 1.54) is 6.42 Å². The first-order valence-corrected chi connectivity index (χ1v) is 5.59. The summed E-state index contributed by atoms with van der Waals surface area (Å²) in [6.07, 6.45) is 3.47. The van der Waals surface area contributed by atoms with Crippen molar-refractivity contribution >= 4 is 23.2 Å². The monoisotopic (exact) mass is 229 g/mol. The SMILES string of the molecule is CNC1(c2c(Cl)cccc2Cl)CCC1. The number of rotatable bonds is 2. The third-order valence-electron chi connectivity index (χ3n) is 3.13. The second kappa shape index (κ2) is 3.73. The fourth-order valence-corrected chi connectivity index (χ4v) is 2.87. The maximum atomic E-state index is 6.18. The molecule has 76 valence electrons. The number of hydrogen-bond acceptors (Lipinski definition) is 1. The lowest BCUT2D eigenvalue weighted by Gasteiger charge is -2.43. The third-order valence-corrected chi connectivity index (χ3v) is 3.76. The molecule has 0 saturated heterocycles. The Kier molecular flexibility index (Phi) is 2.74. The summed E-state index contributed by atoms with van der Waals surface area (Å²) in [4.78, 5) is 0. The molecule has 1 nitrogen and oxygen atoms in total. The van der Waals surface area contributed by atoms with Crippen LogP contribution in [0, 0.1) is 0 Å². The van der Waals surface area contributed by atoms with Crippen LogP contribution in [0.2, 0.25) is 10.0 Å². The molecule has 3 heteroatoms. The van der Waals surface area contributed by atoms with Gasteiger partial charge in [0, 0.05) is 21.1 Å². The lowest BCUT2D eigenvalue weighted by Crippen LogP contribution is -2.46. The van der Waals surface area contributed by atoms with Crippen LogP contribution in [0.4, 0.5) is 0 Å². The average molecular weight is 230 g/mol. The highest BCUT2D eigenvalue weighted by atomic mass is 35.5. The van der Waals surface area contributed by atoms with Crippen LogP contribution < -0.4 is 5.32 Å². The number of nitrogens with one attached hydrogen (secondary N) is 1. The van der Waals surface area contributed by atoms with E-state index in [4.69, 9.17) is 23.2 Å². The van der Waals surface area contributed by atoms with Gasteiger partial charge in [-0.15, -0.1) is 0 Å². The van der Waals surface area contributed by atoms with Crippen molar-refractivity contribution in [2.45, 2.75) is 24.8 Å². The van der Waals surface area contributed by atoms with Gasteiger partial charge in [-0.2, -0.15) is 0 Å². The van der Waals surface area contributed by atoms with Crippen LogP contribution in [-0.2, 0) is 5.54 Å². The molecule has 0 spiro atoms. The highest BCUT2D eigenvalue weighted by molar-refractivity contribution is 6.36. The van der Waals surface area contributed by atoms with Crippen molar-refractivity contribution < 1.29 is 0 Å². The van der Waals surface area contributed by atoms with Gasteiger partial charge >= 0.3 is 0 Å². The molecule has 0 atom stereocenters. The lowest BCUT2D eigenvalue weighted by molar-refractivity contribution is 0.201. The summed E-state index contributed by atoms with van der Waals surface area (Å²) < 4.78 is 0. The Morgan fingerprint density at radius 2 is 1.79 bits per heavy atom. The molecule has 1 saturated carbocycles. The zero-order chi connectivity index (χ0) is 10.2. The molecule has 1 N–H and O–H groups in total. The van der Waals surface area contributed by atoms with E-state index < -0.39 is 0 Å². The van der Waals surface area contributed by atoms with Crippen LogP contribution in [0.15, 0.2) is 18.2 Å². The second-order valence-electron chi connectivity index (χ2n) is 3.78. The first-order valence-electron chi connectivity index (χ1n) is 4.83. The Morgan fingerprint density at radius 1 is 1.21 bits per heavy atom. The molecule has 0 heterocycles. The molecular formula is C11H13Cl2N. The molecule has 0 aromatic heterocycles. The van der Waals surface area contributed by atoms with Gasteiger partial charge < -0.3 is 5.32 Å². The Morgan fingerprint density at radius 3 is 2.14 bits per heavy atom. The average Bonchev–Trinajstić information content (AvgIpc) is 2.08. The predicted molar refractivity (Wildman–Crippen MR) is 61.1 cm³/mol. The van der Waals surface area contributed by atoms with E-state index in [0.717, 1.165) is 28.5 Å². The number of halogens is 2. The standard InChI is InChI=1S/C11H13Cl2N/c1-14-11(6-3-7-11)10-8(12)4-2-5-9(10)13/h2,4-5,14H,3,6-7H2,1H3. The highest BCUT2D eigenvalue weighted by Gasteiger charge is 2.39.